The van der Waals surface area contributed by atoms with Gasteiger partial charge in [-0.1, -0.05) is 12.1 Å². The number of nitrogens with zero attached hydrogens (tertiary/aromatic N) is 2. The van der Waals surface area contributed by atoms with E-state index in [9.17, 15) is 9.59 Å². The van der Waals surface area contributed by atoms with Crippen LogP contribution >= 0.6 is 0 Å². The van der Waals surface area contributed by atoms with E-state index in [2.05, 4.69) is 10.2 Å². The van der Waals surface area contributed by atoms with E-state index in [1.54, 1.807) is 0 Å². The molecule has 126 valence electrons. The molecule has 23 heavy (non-hydrogen) atoms. The third kappa shape index (κ3) is 5.65. The summed E-state index contributed by atoms with van der Waals surface area (Å²) in [6, 6.07) is 8.04. The number of carboxylic acid groups (broad SMARTS) is 1. The summed E-state index contributed by atoms with van der Waals surface area (Å²) in [5.74, 6) is -0.805. The van der Waals surface area contributed by atoms with Crippen molar-refractivity contribution in [2.24, 2.45) is 0 Å². The van der Waals surface area contributed by atoms with Crippen molar-refractivity contribution >= 4 is 17.6 Å². The van der Waals surface area contributed by atoms with Gasteiger partial charge >= 0.3 is 5.97 Å². The second-order valence-electron chi connectivity index (χ2n) is 6.23. The summed E-state index contributed by atoms with van der Waals surface area (Å²) in [5, 5.41) is 11.8. The molecule has 1 aromatic rings. The summed E-state index contributed by atoms with van der Waals surface area (Å²) < 4.78 is 0. The normalized spacial score (nSPS) is 16.5. The largest absolute Gasteiger partial charge is 0.480 e. The fourth-order valence-corrected chi connectivity index (χ4v) is 2.99. The highest BCUT2D eigenvalue weighted by Gasteiger charge is 2.24. The number of carboxylic acids is 1. The molecule has 0 bridgehead atoms. The maximum absolute atomic E-state index is 12.1. The Labute approximate surface area is 137 Å². The number of likely N-dealkylation sites (N-methyl/N-ethyl adjacent to an activating group) is 1. The van der Waals surface area contributed by atoms with Gasteiger partial charge in [0.05, 0.1) is 13.1 Å². The lowest BCUT2D eigenvalue weighted by atomic mass is 10.0. The van der Waals surface area contributed by atoms with Crippen LogP contribution in [-0.4, -0.2) is 66.1 Å². The van der Waals surface area contributed by atoms with Crippen LogP contribution in [0.4, 0.5) is 5.69 Å². The molecule has 0 unspecified atom stereocenters. The van der Waals surface area contributed by atoms with Crippen LogP contribution in [0.1, 0.15) is 18.4 Å². The number of hydrogen-bond donors (Lipinski definition) is 2. The first-order chi connectivity index (χ1) is 10.9. The van der Waals surface area contributed by atoms with Gasteiger partial charge in [0.2, 0.25) is 5.91 Å². The number of aryl methyl sites for hydroxylation is 1. The van der Waals surface area contributed by atoms with Gasteiger partial charge in [-0.15, -0.1) is 0 Å². The molecule has 0 aromatic heterocycles. The van der Waals surface area contributed by atoms with Gasteiger partial charge in [-0.3, -0.25) is 19.4 Å². The molecule has 1 saturated heterocycles. The number of hydrogen-bond acceptors (Lipinski definition) is 4. The minimum atomic E-state index is -0.799. The predicted octanol–water partition coefficient (Wildman–Crippen LogP) is 1.41. The highest BCUT2D eigenvalue weighted by molar-refractivity contribution is 5.92. The zero-order valence-corrected chi connectivity index (χ0v) is 13.8. The first kappa shape index (κ1) is 17.4. The summed E-state index contributed by atoms with van der Waals surface area (Å²) >= 11 is 0. The minimum absolute atomic E-state index is 0.00654. The van der Waals surface area contributed by atoms with Crippen molar-refractivity contribution in [2.75, 3.05) is 38.5 Å². The highest BCUT2D eigenvalue weighted by Crippen LogP contribution is 2.15. The molecule has 1 heterocycles. The van der Waals surface area contributed by atoms with Gasteiger partial charge in [0.15, 0.2) is 0 Å². The van der Waals surface area contributed by atoms with Gasteiger partial charge in [0.1, 0.15) is 0 Å². The van der Waals surface area contributed by atoms with E-state index in [4.69, 9.17) is 5.11 Å². The van der Waals surface area contributed by atoms with Crippen LogP contribution in [-0.2, 0) is 9.59 Å². The van der Waals surface area contributed by atoms with Crippen molar-refractivity contribution in [3.63, 3.8) is 0 Å². The summed E-state index contributed by atoms with van der Waals surface area (Å²) in [7, 11) is 1.85. The first-order valence-electron chi connectivity index (χ1n) is 7.95. The monoisotopic (exact) mass is 319 g/mol. The molecule has 1 amide bonds. The Morgan fingerprint density at radius 2 is 2.04 bits per heavy atom. The zero-order chi connectivity index (χ0) is 16.8. The van der Waals surface area contributed by atoms with E-state index < -0.39 is 5.97 Å². The van der Waals surface area contributed by atoms with Crippen molar-refractivity contribution in [2.45, 2.75) is 25.8 Å². The van der Waals surface area contributed by atoms with Crippen LogP contribution in [0, 0.1) is 6.92 Å². The Kier molecular flexibility index (Phi) is 6.12. The molecule has 0 radical (unpaired) electrons. The van der Waals surface area contributed by atoms with Crippen molar-refractivity contribution < 1.29 is 14.7 Å². The molecule has 1 aromatic carbocycles. The molecule has 6 heteroatoms. The molecular formula is C17H25N3O3. The van der Waals surface area contributed by atoms with Crippen molar-refractivity contribution in [3.05, 3.63) is 29.8 Å². The maximum atomic E-state index is 12.1. The average Bonchev–Trinajstić information content (AvgIpc) is 2.47. The van der Waals surface area contributed by atoms with Crippen LogP contribution in [0.15, 0.2) is 24.3 Å². The Balaban J connectivity index is 1.75. The highest BCUT2D eigenvalue weighted by atomic mass is 16.4. The third-order valence-corrected chi connectivity index (χ3v) is 4.23. The number of amides is 1. The van der Waals surface area contributed by atoms with E-state index in [1.807, 2.05) is 43.1 Å². The Bertz CT molecular complexity index is 554. The lowest BCUT2D eigenvalue weighted by Crippen LogP contribution is -2.46. The number of nitrogens with one attached hydrogen (secondary N) is 1. The fraction of sp³-hybridized carbons (Fsp3) is 0.529. The molecule has 0 atom stereocenters. The standard InChI is InChI=1S/C17H25N3O3/c1-13-4-3-5-14(10-13)18-16(21)11-20-8-6-15(7-9-20)19(2)12-17(22)23/h3-5,10,15H,6-9,11-12H2,1-2H3,(H,18,21)(H,22,23). The van der Waals surface area contributed by atoms with E-state index in [0.29, 0.717) is 6.54 Å². The lowest BCUT2D eigenvalue weighted by Gasteiger charge is -2.35. The van der Waals surface area contributed by atoms with E-state index in [1.165, 1.54) is 0 Å². The van der Waals surface area contributed by atoms with Crippen LogP contribution < -0.4 is 5.32 Å². The van der Waals surface area contributed by atoms with Gasteiger partial charge < -0.3 is 10.4 Å². The molecule has 1 fully saturated rings. The van der Waals surface area contributed by atoms with Crippen LogP contribution in [0.2, 0.25) is 0 Å². The number of aliphatic carboxylic acids is 1. The Hall–Kier alpha value is -1.92. The van der Waals surface area contributed by atoms with Crippen molar-refractivity contribution in [1.82, 2.24) is 9.80 Å². The van der Waals surface area contributed by atoms with Gasteiger partial charge in [-0.25, -0.2) is 0 Å². The molecule has 0 saturated carbocycles. The average molecular weight is 319 g/mol. The summed E-state index contributed by atoms with van der Waals surface area (Å²) in [5.41, 5.74) is 1.94. The molecule has 6 nitrogen and oxygen atoms in total. The lowest BCUT2D eigenvalue weighted by molar-refractivity contribution is -0.138. The van der Waals surface area contributed by atoms with E-state index in [0.717, 1.165) is 37.2 Å². The van der Waals surface area contributed by atoms with Gasteiger partial charge in [-0.05, 0) is 44.5 Å². The Morgan fingerprint density at radius 1 is 1.35 bits per heavy atom. The number of benzene rings is 1. The summed E-state index contributed by atoms with van der Waals surface area (Å²) in [6.45, 7) is 4.07. The minimum Gasteiger partial charge on any atom is -0.480 e. The van der Waals surface area contributed by atoms with Crippen LogP contribution in [0.3, 0.4) is 0 Å². The van der Waals surface area contributed by atoms with Crippen LogP contribution in [0.25, 0.3) is 0 Å². The van der Waals surface area contributed by atoms with Gasteiger partial charge in [0, 0.05) is 24.8 Å². The quantitative estimate of drug-likeness (QED) is 0.829. The molecular weight excluding hydrogens is 294 g/mol. The topological polar surface area (TPSA) is 72.9 Å². The zero-order valence-electron chi connectivity index (χ0n) is 13.8. The number of carbonyl (C=O) groups is 2. The molecule has 0 spiro atoms. The smallest absolute Gasteiger partial charge is 0.317 e. The number of rotatable bonds is 6. The molecule has 2 N–H and O–H groups in total. The third-order valence-electron chi connectivity index (χ3n) is 4.23. The number of anilines is 1. The van der Waals surface area contributed by atoms with Gasteiger partial charge in [-0.2, -0.15) is 0 Å². The SMILES string of the molecule is Cc1cccc(NC(=O)CN2CCC(N(C)CC(=O)O)CC2)c1. The summed E-state index contributed by atoms with van der Waals surface area (Å²) in [4.78, 5) is 26.9. The van der Waals surface area contributed by atoms with E-state index >= 15 is 0 Å². The molecule has 0 aliphatic carbocycles. The first-order valence-corrected chi connectivity index (χ1v) is 7.95. The second-order valence-corrected chi connectivity index (χ2v) is 6.23. The number of likely N-dealkylation sites (tertiary alicyclic amines) is 1. The summed E-state index contributed by atoms with van der Waals surface area (Å²) in [6.07, 6.45) is 1.78. The molecule has 1 aliphatic rings. The van der Waals surface area contributed by atoms with Crippen molar-refractivity contribution in [1.29, 1.82) is 0 Å². The fourth-order valence-electron chi connectivity index (χ4n) is 2.99. The maximum Gasteiger partial charge on any atom is 0.317 e. The number of piperidine rings is 1. The Morgan fingerprint density at radius 3 is 2.65 bits per heavy atom. The molecule has 2 rings (SSSR count). The second kappa shape index (κ2) is 8.08. The van der Waals surface area contributed by atoms with Crippen LogP contribution in [0.5, 0.6) is 0 Å². The van der Waals surface area contributed by atoms with Crippen molar-refractivity contribution in [3.8, 4) is 0 Å². The molecule has 1 aliphatic heterocycles. The van der Waals surface area contributed by atoms with Gasteiger partial charge in [0.25, 0.3) is 0 Å². The van der Waals surface area contributed by atoms with E-state index in [-0.39, 0.29) is 18.5 Å². The number of carbonyl (C=O) groups excluding carboxylic acids is 1. The predicted molar refractivity (Wildman–Crippen MR) is 89.5 cm³/mol.